The number of rotatable bonds is 5. The highest BCUT2D eigenvalue weighted by Gasteiger charge is 2.19. The minimum absolute atomic E-state index is 0.167. The summed E-state index contributed by atoms with van der Waals surface area (Å²) in [7, 11) is -1.59. The molecule has 4 nitrogen and oxygen atoms in total. The maximum Gasteiger partial charge on any atom is 0.488 e. The van der Waals surface area contributed by atoms with Crippen molar-refractivity contribution in [2.75, 3.05) is 13.1 Å². The third kappa shape index (κ3) is 6.11. The number of nitrogens with zero attached hydrogens (tertiary/aromatic N) is 1. The maximum atomic E-state index is 13.4. The third-order valence-electron chi connectivity index (χ3n) is 6.34. The van der Waals surface area contributed by atoms with Crippen LogP contribution >= 0.6 is 0 Å². The largest absolute Gasteiger partial charge is 0.488 e. The highest BCUT2D eigenvalue weighted by molar-refractivity contribution is 6.58. The average molecular weight is 462 g/mol. The predicted octanol–water partition coefficient (Wildman–Crippen LogP) is 4.51. The van der Waals surface area contributed by atoms with Crippen LogP contribution in [0.25, 0.3) is 22.0 Å². The summed E-state index contributed by atoms with van der Waals surface area (Å²) in [4.78, 5) is 6.10. The summed E-state index contributed by atoms with van der Waals surface area (Å²) < 4.78 is 25.7. The van der Waals surface area contributed by atoms with E-state index in [9.17, 15) is 8.78 Å². The summed E-state index contributed by atoms with van der Waals surface area (Å²) in [6, 6.07) is 21.2. The summed E-state index contributed by atoms with van der Waals surface area (Å²) in [6.07, 6.45) is 3.70. The van der Waals surface area contributed by atoms with E-state index in [1.807, 2.05) is 6.07 Å². The Hall–Kier alpha value is -3.00. The van der Waals surface area contributed by atoms with Gasteiger partial charge in [-0.3, -0.25) is 0 Å². The molecular formula is C27H29BF2N2O2. The van der Waals surface area contributed by atoms with Crippen molar-refractivity contribution in [3.63, 3.8) is 0 Å². The van der Waals surface area contributed by atoms with E-state index in [4.69, 9.17) is 10.0 Å². The van der Waals surface area contributed by atoms with Crippen molar-refractivity contribution in [2.24, 2.45) is 0 Å². The van der Waals surface area contributed by atoms with Crippen molar-refractivity contribution in [2.45, 2.75) is 32.2 Å². The van der Waals surface area contributed by atoms with E-state index in [1.165, 1.54) is 54.7 Å². The molecule has 0 spiro atoms. The van der Waals surface area contributed by atoms with E-state index in [0.717, 1.165) is 35.7 Å². The fraction of sp³-hybridized carbons (Fsp3) is 0.259. The lowest BCUT2D eigenvalue weighted by molar-refractivity contribution is 0.271. The summed E-state index contributed by atoms with van der Waals surface area (Å²) in [6.45, 7) is 4.67. The summed E-state index contributed by atoms with van der Waals surface area (Å²) in [5.74, 6) is -0.660. The number of likely N-dealkylation sites (tertiary alicyclic amines) is 1. The fourth-order valence-electron chi connectivity index (χ4n) is 4.43. The van der Waals surface area contributed by atoms with Gasteiger partial charge in [0.25, 0.3) is 0 Å². The molecule has 2 heterocycles. The molecule has 7 heteroatoms. The number of hydrogen-bond acceptors (Lipinski definition) is 3. The fourth-order valence-corrected chi connectivity index (χ4v) is 4.43. The van der Waals surface area contributed by atoms with Crippen LogP contribution in [-0.2, 0) is 6.42 Å². The molecule has 1 aromatic heterocycles. The standard InChI is InChI=1S/C21H23FN2.C6H6BFO2/c1-15-4-3-10-24(15)11-9-20-14-18-12-17(7-8-21(18)23-20)16-5-2-6-19(22)13-16;8-6-3-1-2-5(4-6)7(9)10/h2,5-8,12-15,23H,3-4,9-11H2,1H3;1-4,9-10H/t15-;/m1./s1. The third-order valence-corrected chi connectivity index (χ3v) is 6.34. The highest BCUT2D eigenvalue weighted by Crippen LogP contribution is 2.26. The maximum absolute atomic E-state index is 13.4. The molecule has 176 valence electrons. The highest BCUT2D eigenvalue weighted by atomic mass is 19.1. The zero-order valence-corrected chi connectivity index (χ0v) is 19.2. The molecule has 1 aliphatic rings. The molecule has 0 aliphatic carbocycles. The smallest absolute Gasteiger partial charge is 0.423 e. The van der Waals surface area contributed by atoms with Crippen molar-refractivity contribution in [3.8, 4) is 11.1 Å². The minimum Gasteiger partial charge on any atom is -0.423 e. The molecule has 1 atom stereocenters. The number of nitrogens with one attached hydrogen (secondary N) is 1. The second-order valence-corrected chi connectivity index (χ2v) is 8.81. The molecule has 1 fully saturated rings. The van der Waals surface area contributed by atoms with Gasteiger partial charge in [-0.2, -0.15) is 0 Å². The SMILES string of the molecule is C[C@@H]1CCCN1CCc1cc2cc(-c3cccc(F)c3)ccc2[nH]1.OB(O)c1cccc(F)c1. The first-order chi connectivity index (χ1) is 16.4. The molecule has 0 bridgehead atoms. The quantitative estimate of drug-likeness (QED) is 0.383. The van der Waals surface area contributed by atoms with Crippen molar-refractivity contribution in [3.05, 3.63) is 90.1 Å². The molecule has 1 aliphatic heterocycles. The molecule has 3 N–H and O–H groups in total. The average Bonchev–Trinajstić information content (AvgIpc) is 3.42. The Morgan fingerprint density at radius 1 is 0.941 bits per heavy atom. The summed E-state index contributed by atoms with van der Waals surface area (Å²) >= 11 is 0. The normalized spacial score (nSPS) is 15.9. The van der Waals surface area contributed by atoms with Crippen LogP contribution in [0.15, 0.2) is 72.8 Å². The second-order valence-electron chi connectivity index (χ2n) is 8.81. The zero-order valence-electron chi connectivity index (χ0n) is 19.2. The number of benzene rings is 3. The van der Waals surface area contributed by atoms with E-state index >= 15 is 0 Å². The van der Waals surface area contributed by atoms with Crippen molar-refractivity contribution in [1.29, 1.82) is 0 Å². The van der Waals surface area contributed by atoms with Crippen LogP contribution in [0.5, 0.6) is 0 Å². The van der Waals surface area contributed by atoms with Gasteiger partial charge in [0.1, 0.15) is 11.6 Å². The number of aromatic nitrogens is 1. The second kappa shape index (κ2) is 11.0. The molecule has 4 aromatic rings. The lowest BCUT2D eigenvalue weighted by Crippen LogP contribution is -2.29. The van der Waals surface area contributed by atoms with Crippen LogP contribution in [0.2, 0.25) is 0 Å². The Morgan fingerprint density at radius 3 is 2.32 bits per heavy atom. The van der Waals surface area contributed by atoms with Crippen LogP contribution in [-0.4, -0.2) is 46.2 Å². The topological polar surface area (TPSA) is 59.5 Å². The molecule has 0 saturated carbocycles. The van der Waals surface area contributed by atoms with Crippen LogP contribution < -0.4 is 5.46 Å². The van der Waals surface area contributed by atoms with E-state index in [-0.39, 0.29) is 11.3 Å². The number of aromatic amines is 1. The first-order valence-corrected chi connectivity index (χ1v) is 11.6. The molecule has 3 aromatic carbocycles. The van der Waals surface area contributed by atoms with Crippen molar-refractivity contribution in [1.82, 2.24) is 9.88 Å². The van der Waals surface area contributed by atoms with Crippen LogP contribution in [0.4, 0.5) is 8.78 Å². The molecule has 0 unspecified atom stereocenters. The Kier molecular flexibility index (Phi) is 7.78. The first-order valence-electron chi connectivity index (χ1n) is 11.6. The van der Waals surface area contributed by atoms with Gasteiger partial charge in [-0.25, -0.2) is 8.78 Å². The van der Waals surface area contributed by atoms with Gasteiger partial charge in [-0.1, -0.05) is 30.3 Å². The van der Waals surface area contributed by atoms with E-state index in [2.05, 4.69) is 41.1 Å². The Labute approximate surface area is 199 Å². The van der Waals surface area contributed by atoms with Crippen molar-refractivity contribution < 1.29 is 18.8 Å². The number of hydrogen-bond donors (Lipinski definition) is 3. The number of H-pyrrole nitrogens is 1. The lowest BCUT2D eigenvalue weighted by atomic mass is 9.80. The monoisotopic (exact) mass is 462 g/mol. The zero-order chi connectivity index (χ0) is 24.1. The summed E-state index contributed by atoms with van der Waals surface area (Å²) in [5, 5.41) is 18.3. The first kappa shape index (κ1) is 24.1. The Balaban J connectivity index is 0.000000231. The predicted molar refractivity (Wildman–Crippen MR) is 134 cm³/mol. The van der Waals surface area contributed by atoms with Gasteiger partial charge in [0, 0.05) is 35.6 Å². The number of fused-ring (bicyclic) bond motifs is 1. The van der Waals surface area contributed by atoms with Crippen molar-refractivity contribution >= 4 is 23.5 Å². The lowest BCUT2D eigenvalue weighted by Gasteiger charge is -2.20. The van der Waals surface area contributed by atoms with Gasteiger partial charge in [0.15, 0.2) is 0 Å². The van der Waals surface area contributed by atoms with Gasteiger partial charge in [0.05, 0.1) is 0 Å². The molecule has 0 amide bonds. The van der Waals surface area contributed by atoms with E-state index in [1.54, 1.807) is 12.1 Å². The van der Waals surface area contributed by atoms with Gasteiger partial charge >= 0.3 is 7.12 Å². The molecule has 0 radical (unpaired) electrons. The van der Waals surface area contributed by atoms with Gasteiger partial charge in [-0.15, -0.1) is 0 Å². The van der Waals surface area contributed by atoms with Crippen LogP contribution in [0.1, 0.15) is 25.5 Å². The molecule has 5 rings (SSSR count). The molecular weight excluding hydrogens is 433 g/mol. The van der Waals surface area contributed by atoms with Gasteiger partial charge in [0.2, 0.25) is 0 Å². The summed E-state index contributed by atoms with van der Waals surface area (Å²) in [5.41, 5.74) is 4.58. The van der Waals surface area contributed by atoms with Gasteiger partial charge in [-0.05, 0) is 85.4 Å². The Bertz CT molecular complexity index is 1240. The van der Waals surface area contributed by atoms with E-state index in [0.29, 0.717) is 6.04 Å². The van der Waals surface area contributed by atoms with Gasteiger partial charge < -0.3 is 19.9 Å². The van der Waals surface area contributed by atoms with E-state index < -0.39 is 12.9 Å². The van der Waals surface area contributed by atoms with Crippen LogP contribution in [0.3, 0.4) is 0 Å². The molecule has 1 saturated heterocycles. The molecule has 34 heavy (non-hydrogen) atoms. The van der Waals surface area contributed by atoms with Crippen LogP contribution in [0, 0.1) is 11.6 Å². The minimum atomic E-state index is -1.59. The Morgan fingerprint density at radius 2 is 1.68 bits per heavy atom. The number of halogens is 2.